The fourth-order valence-corrected chi connectivity index (χ4v) is 1.29. The monoisotopic (exact) mass is 265 g/mol. The number of pyridine rings is 1. The number of nitrogens with two attached hydrogens (primary N) is 1. The Balaban J connectivity index is 3.04. The average molecular weight is 265 g/mol. The van der Waals surface area contributed by atoms with Crippen molar-refractivity contribution < 1.29 is 22.4 Å². The third-order valence-electron chi connectivity index (χ3n) is 2.42. The van der Waals surface area contributed by atoms with E-state index in [9.17, 15) is 22.4 Å². The molecule has 1 atom stereocenters. The number of aromatic nitrogens is 1. The van der Waals surface area contributed by atoms with Crippen LogP contribution in [0.1, 0.15) is 12.5 Å². The van der Waals surface area contributed by atoms with Crippen molar-refractivity contribution in [3.05, 3.63) is 29.8 Å². The lowest BCUT2D eigenvalue weighted by Gasteiger charge is -2.28. The number of primary amides is 1. The number of halogens is 4. The van der Waals surface area contributed by atoms with E-state index in [2.05, 4.69) is 4.98 Å². The lowest BCUT2D eigenvalue weighted by molar-refractivity contribution is -0.135. The summed E-state index contributed by atoms with van der Waals surface area (Å²) in [5.74, 6) is -1.83. The third kappa shape index (κ3) is 3.39. The van der Waals surface area contributed by atoms with Crippen LogP contribution in [0.15, 0.2) is 18.5 Å². The number of nitrogens with one attached hydrogen (secondary N) is 1. The minimum absolute atomic E-state index is 0.0701. The number of carbonyl (C=O) groups excluding carboxylic acids is 1. The highest BCUT2D eigenvalue weighted by Gasteiger charge is 2.38. The van der Waals surface area contributed by atoms with Gasteiger partial charge >= 0.3 is 6.18 Å². The van der Waals surface area contributed by atoms with Gasteiger partial charge in [-0.3, -0.25) is 15.1 Å². The summed E-state index contributed by atoms with van der Waals surface area (Å²) in [6.07, 6.45) is -2.57. The summed E-state index contributed by atoms with van der Waals surface area (Å²) in [5, 5.41) is 1.97. The van der Waals surface area contributed by atoms with Gasteiger partial charge in [0.1, 0.15) is 11.4 Å². The SMILES string of the molecule is CC(NCC(F)(F)F)(C(N)=O)c1cncc(F)c1. The Morgan fingerprint density at radius 1 is 1.44 bits per heavy atom. The Morgan fingerprint density at radius 3 is 2.50 bits per heavy atom. The molecule has 0 saturated carbocycles. The van der Waals surface area contributed by atoms with Crippen LogP contribution in [0, 0.1) is 5.82 Å². The van der Waals surface area contributed by atoms with Gasteiger partial charge in [0, 0.05) is 11.8 Å². The predicted molar refractivity (Wildman–Crippen MR) is 54.8 cm³/mol. The molecule has 100 valence electrons. The molecule has 0 radical (unpaired) electrons. The van der Waals surface area contributed by atoms with E-state index >= 15 is 0 Å². The van der Waals surface area contributed by atoms with E-state index in [0.29, 0.717) is 0 Å². The molecular weight excluding hydrogens is 254 g/mol. The molecule has 0 spiro atoms. The molecule has 3 N–H and O–H groups in total. The van der Waals surface area contributed by atoms with Crippen LogP contribution in [0.4, 0.5) is 17.6 Å². The van der Waals surface area contributed by atoms with Crippen molar-refractivity contribution in [3.63, 3.8) is 0 Å². The largest absolute Gasteiger partial charge is 0.401 e. The van der Waals surface area contributed by atoms with Crippen LogP contribution >= 0.6 is 0 Å². The zero-order chi connectivity index (χ0) is 14.0. The number of carbonyl (C=O) groups is 1. The second-order valence-electron chi connectivity index (χ2n) is 3.85. The Morgan fingerprint density at radius 2 is 2.06 bits per heavy atom. The molecule has 4 nitrogen and oxygen atoms in total. The molecule has 1 aromatic heterocycles. The van der Waals surface area contributed by atoms with Crippen LogP contribution < -0.4 is 11.1 Å². The van der Waals surface area contributed by atoms with E-state index in [1.54, 1.807) is 0 Å². The highest BCUT2D eigenvalue weighted by Crippen LogP contribution is 2.22. The summed E-state index contributed by atoms with van der Waals surface area (Å²) in [5.41, 5.74) is 3.15. The van der Waals surface area contributed by atoms with Crippen LogP contribution in [-0.2, 0) is 10.3 Å². The lowest BCUT2D eigenvalue weighted by Crippen LogP contribution is -2.53. The number of nitrogens with zero attached hydrogens (tertiary/aromatic N) is 1. The van der Waals surface area contributed by atoms with Gasteiger partial charge in [-0.15, -0.1) is 0 Å². The Kier molecular flexibility index (Phi) is 3.90. The summed E-state index contributed by atoms with van der Waals surface area (Å²) < 4.78 is 49.4. The van der Waals surface area contributed by atoms with Crippen molar-refractivity contribution in [2.45, 2.75) is 18.6 Å². The summed E-state index contributed by atoms with van der Waals surface area (Å²) in [6, 6.07) is 0.904. The molecule has 0 saturated heterocycles. The van der Waals surface area contributed by atoms with Crippen molar-refractivity contribution in [2.24, 2.45) is 5.73 Å². The van der Waals surface area contributed by atoms with E-state index in [1.165, 1.54) is 0 Å². The van der Waals surface area contributed by atoms with Crippen LogP contribution in [0.2, 0.25) is 0 Å². The molecule has 1 unspecified atom stereocenters. The topological polar surface area (TPSA) is 68.0 Å². The second-order valence-corrected chi connectivity index (χ2v) is 3.85. The normalized spacial score (nSPS) is 15.2. The van der Waals surface area contributed by atoms with E-state index in [-0.39, 0.29) is 5.56 Å². The lowest BCUT2D eigenvalue weighted by atomic mass is 9.92. The second kappa shape index (κ2) is 4.89. The molecule has 0 aromatic carbocycles. The number of alkyl halides is 3. The molecule has 18 heavy (non-hydrogen) atoms. The maximum absolute atomic E-state index is 13.0. The van der Waals surface area contributed by atoms with Gasteiger partial charge < -0.3 is 5.73 Å². The molecular formula is C10H11F4N3O. The van der Waals surface area contributed by atoms with Crippen molar-refractivity contribution >= 4 is 5.91 Å². The number of amides is 1. The first-order valence-electron chi connectivity index (χ1n) is 4.88. The van der Waals surface area contributed by atoms with Gasteiger partial charge in [0.2, 0.25) is 5.91 Å². The first-order chi connectivity index (χ1) is 8.15. The molecule has 0 aliphatic rings. The van der Waals surface area contributed by atoms with Crippen LogP contribution in [0.25, 0.3) is 0 Å². The number of rotatable bonds is 4. The zero-order valence-electron chi connectivity index (χ0n) is 9.38. The van der Waals surface area contributed by atoms with Gasteiger partial charge in [0.25, 0.3) is 0 Å². The van der Waals surface area contributed by atoms with Gasteiger partial charge in [0.05, 0.1) is 12.7 Å². The summed E-state index contributed by atoms with van der Waals surface area (Å²) >= 11 is 0. The Bertz CT molecular complexity index is 449. The summed E-state index contributed by atoms with van der Waals surface area (Å²) in [4.78, 5) is 14.8. The summed E-state index contributed by atoms with van der Waals surface area (Å²) in [6.45, 7) is -0.291. The van der Waals surface area contributed by atoms with Crippen molar-refractivity contribution in [1.29, 1.82) is 0 Å². The van der Waals surface area contributed by atoms with Gasteiger partial charge in [-0.1, -0.05) is 0 Å². The molecule has 0 fully saturated rings. The predicted octanol–water partition coefficient (Wildman–Crippen LogP) is 1.07. The van der Waals surface area contributed by atoms with E-state index < -0.39 is 30.0 Å². The number of hydrogen-bond acceptors (Lipinski definition) is 3. The van der Waals surface area contributed by atoms with Crippen molar-refractivity contribution in [2.75, 3.05) is 6.54 Å². The highest BCUT2D eigenvalue weighted by atomic mass is 19.4. The molecule has 1 aromatic rings. The fourth-order valence-electron chi connectivity index (χ4n) is 1.29. The summed E-state index contributed by atoms with van der Waals surface area (Å²) in [7, 11) is 0. The van der Waals surface area contributed by atoms with Crippen LogP contribution in [0.5, 0.6) is 0 Å². The maximum atomic E-state index is 13.0. The minimum Gasteiger partial charge on any atom is -0.368 e. The minimum atomic E-state index is -4.52. The van der Waals surface area contributed by atoms with Crippen LogP contribution in [-0.4, -0.2) is 23.6 Å². The van der Waals surface area contributed by atoms with Gasteiger partial charge in [-0.25, -0.2) is 4.39 Å². The Hall–Kier alpha value is -1.70. The zero-order valence-corrected chi connectivity index (χ0v) is 9.38. The highest BCUT2D eigenvalue weighted by molar-refractivity contribution is 5.85. The van der Waals surface area contributed by atoms with E-state index in [4.69, 9.17) is 5.73 Å². The molecule has 1 heterocycles. The van der Waals surface area contributed by atoms with Gasteiger partial charge in [-0.2, -0.15) is 13.2 Å². The number of hydrogen-bond donors (Lipinski definition) is 2. The molecule has 1 amide bonds. The van der Waals surface area contributed by atoms with Gasteiger partial charge in [0.15, 0.2) is 0 Å². The quantitative estimate of drug-likeness (QED) is 0.800. The first kappa shape index (κ1) is 14.4. The first-order valence-corrected chi connectivity index (χ1v) is 4.88. The molecule has 0 aliphatic heterocycles. The van der Waals surface area contributed by atoms with Crippen LogP contribution in [0.3, 0.4) is 0 Å². The Labute approximate surface area is 100 Å². The maximum Gasteiger partial charge on any atom is 0.401 e. The third-order valence-corrected chi connectivity index (χ3v) is 2.42. The molecule has 0 bridgehead atoms. The molecule has 0 aliphatic carbocycles. The molecule has 8 heteroatoms. The van der Waals surface area contributed by atoms with E-state index in [0.717, 1.165) is 25.4 Å². The van der Waals surface area contributed by atoms with Crippen molar-refractivity contribution in [1.82, 2.24) is 10.3 Å². The van der Waals surface area contributed by atoms with E-state index in [1.807, 2.05) is 5.32 Å². The fraction of sp³-hybridized carbons (Fsp3) is 0.400. The van der Waals surface area contributed by atoms with Gasteiger partial charge in [-0.05, 0) is 13.0 Å². The average Bonchev–Trinajstić information content (AvgIpc) is 2.24. The van der Waals surface area contributed by atoms with Crippen molar-refractivity contribution in [3.8, 4) is 0 Å². The smallest absolute Gasteiger partial charge is 0.368 e. The molecule has 1 rings (SSSR count). The standard InChI is InChI=1S/C10H11F4N3O/c1-9(8(15)18,17-5-10(12,13)14)6-2-7(11)4-16-3-6/h2-4,17H,5H2,1H3,(H2,15,18).